The number of rotatable bonds is 4. The lowest BCUT2D eigenvalue weighted by molar-refractivity contribution is 0.433. The lowest BCUT2D eigenvalue weighted by atomic mass is 10.00. The van der Waals surface area contributed by atoms with Crippen LogP contribution in [0.5, 0.6) is 0 Å². The van der Waals surface area contributed by atoms with Crippen LogP contribution >= 0.6 is 23.5 Å². The highest BCUT2D eigenvalue weighted by molar-refractivity contribution is 8.00. The van der Waals surface area contributed by atoms with Crippen LogP contribution in [0.2, 0.25) is 0 Å². The van der Waals surface area contributed by atoms with E-state index in [0.29, 0.717) is 0 Å². The molecule has 37 heavy (non-hydrogen) atoms. The Labute approximate surface area is 226 Å². The first-order chi connectivity index (χ1) is 17.9. The molecule has 0 amide bonds. The van der Waals surface area contributed by atoms with E-state index in [1.807, 2.05) is 11.6 Å². The molecule has 10 nitrogen and oxygen atoms in total. The van der Waals surface area contributed by atoms with Crippen molar-refractivity contribution in [1.82, 2.24) is 34.8 Å². The zero-order valence-corrected chi connectivity index (χ0v) is 23.8. The average Bonchev–Trinajstić information content (AvgIpc) is 3.28. The van der Waals surface area contributed by atoms with Crippen LogP contribution < -0.4 is 15.2 Å². The maximum absolute atomic E-state index is 4.97. The summed E-state index contributed by atoms with van der Waals surface area (Å²) >= 11 is 3.06. The predicted molar refractivity (Wildman–Crippen MR) is 147 cm³/mol. The molecule has 12 heteroatoms. The van der Waals surface area contributed by atoms with Crippen LogP contribution in [0.15, 0.2) is 20.4 Å². The van der Waals surface area contributed by atoms with Gasteiger partial charge in [-0.3, -0.25) is 5.43 Å². The SMILES string of the molecule is Cc1nc(N2CCC(C)CC2)nc(Sc2nnc3n2Nc2c(C)nc(N4CCC(C)CC4)nc2S3)c1C. The zero-order valence-electron chi connectivity index (χ0n) is 22.2. The van der Waals surface area contributed by atoms with Crippen molar-refractivity contribution in [2.24, 2.45) is 11.8 Å². The minimum absolute atomic E-state index is 0.737. The van der Waals surface area contributed by atoms with Gasteiger partial charge in [0.15, 0.2) is 0 Å². The third-order valence-electron chi connectivity index (χ3n) is 7.71. The Kier molecular flexibility index (Phi) is 6.64. The molecule has 196 valence electrons. The molecular formula is C25H34N10S2. The van der Waals surface area contributed by atoms with E-state index >= 15 is 0 Å². The third kappa shape index (κ3) is 4.85. The average molecular weight is 539 g/mol. The van der Waals surface area contributed by atoms with Crippen molar-refractivity contribution in [3.05, 3.63) is 17.0 Å². The second-order valence-corrected chi connectivity index (χ2v) is 12.5. The first-order valence-corrected chi connectivity index (χ1v) is 14.8. The third-order valence-corrected chi connectivity index (χ3v) is 9.69. The molecule has 6 rings (SSSR count). The highest BCUT2D eigenvalue weighted by atomic mass is 32.2. The number of piperidine rings is 2. The molecule has 3 aliphatic heterocycles. The van der Waals surface area contributed by atoms with Crippen LogP contribution in [0.25, 0.3) is 0 Å². The minimum atomic E-state index is 0.737. The second-order valence-electron chi connectivity index (χ2n) is 10.6. The van der Waals surface area contributed by atoms with Crippen molar-refractivity contribution < 1.29 is 0 Å². The Balaban J connectivity index is 1.25. The van der Waals surface area contributed by atoms with Crippen LogP contribution in [0, 0.1) is 32.6 Å². The molecule has 0 spiro atoms. The van der Waals surface area contributed by atoms with Gasteiger partial charge >= 0.3 is 0 Å². The molecule has 3 aromatic rings. The van der Waals surface area contributed by atoms with Crippen molar-refractivity contribution in [2.45, 2.75) is 80.7 Å². The number of hydrogen-bond acceptors (Lipinski definition) is 11. The molecule has 6 heterocycles. The molecular weight excluding hydrogens is 504 g/mol. The summed E-state index contributed by atoms with van der Waals surface area (Å²) in [5.74, 6) is 3.15. The van der Waals surface area contributed by atoms with E-state index in [1.54, 1.807) is 0 Å². The molecule has 1 N–H and O–H groups in total. The van der Waals surface area contributed by atoms with Crippen LogP contribution in [0.4, 0.5) is 17.6 Å². The van der Waals surface area contributed by atoms with Gasteiger partial charge in [0.25, 0.3) is 0 Å². The lowest BCUT2D eigenvalue weighted by Gasteiger charge is -2.31. The van der Waals surface area contributed by atoms with Crippen LogP contribution in [-0.2, 0) is 0 Å². The molecule has 0 saturated carbocycles. The number of aryl methyl sites for hydroxylation is 2. The molecule has 3 aromatic heterocycles. The first-order valence-electron chi connectivity index (χ1n) is 13.2. The smallest absolute Gasteiger partial charge is 0.226 e. The summed E-state index contributed by atoms with van der Waals surface area (Å²) in [6.07, 6.45) is 4.72. The van der Waals surface area contributed by atoms with Crippen molar-refractivity contribution >= 4 is 41.1 Å². The number of hydrogen-bond donors (Lipinski definition) is 1. The number of anilines is 3. The highest BCUT2D eigenvalue weighted by Gasteiger charge is 2.28. The Hall–Kier alpha value is -2.60. The second kappa shape index (κ2) is 9.94. The summed E-state index contributed by atoms with van der Waals surface area (Å²) in [5.41, 5.74) is 7.39. The fourth-order valence-corrected chi connectivity index (χ4v) is 6.76. The van der Waals surface area contributed by atoms with Gasteiger partial charge < -0.3 is 9.80 Å². The zero-order chi connectivity index (χ0) is 25.7. The van der Waals surface area contributed by atoms with E-state index < -0.39 is 0 Å². The number of fused-ring (bicyclic) bond motifs is 2. The van der Waals surface area contributed by atoms with Crippen LogP contribution in [0.1, 0.15) is 56.5 Å². The van der Waals surface area contributed by atoms with E-state index in [9.17, 15) is 0 Å². The standard InChI is InChI=1S/C25H34N10S2/c1-14-6-10-33(11-7-14)22-26-17(4)16(3)20(28-22)36-24-30-31-25-35(24)32-19-18(5)27-23(29-21(19)37-25)34-12-8-15(2)9-13-34/h14-15,32H,6-13H2,1-5H3. The Morgan fingerprint density at radius 2 is 1.38 bits per heavy atom. The summed E-state index contributed by atoms with van der Waals surface area (Å²) in [5, 5.41) is 12.3. The number of aromatic nitrogens is 7. The number of nitrogens with zero attached hydrogens (tertiary/aromatic N) is 9. The largest absolute Gasteiger partial charge is 0.341 e. The van der Waals surface area contributed by atoms with Crippen molar-refractivity contribution in [1.29, 1.82) is 0 Å². The van der Waals surface area contributed by atoms with Gasteiger partial charge in [-0.1, -0.05) is 13.8 Å². The maximum atomic E-state index is 4.97. The Morgan fingerprint density at radius 1 is 0.784 bits per heavy atom. The van der Waals surface area contributed by atoms with Crippen LogP contribution in [-0.4, -0.2) is 61.0 Å². The first kappa shape index (κ1) is 24.7. The molecule has 0 aromatic carbocycles. The quantitative estimate of drug-likeness (QED) is 0.364. The molecule has 0 radical (unpaired) electrons. The van der Waals surface area contributed by atoms with Crippen LogP contribution in [0.3, 0.4) is 0 Å². The van der Waals surface area contributed by atoms with Crippen molar-refractivity contribution in [3.63, 3.8) is 0 Å². The molecule has 0 aliphatic carbocycles. The van der Waals surface area contributed by atoms with E-state index in [0.717, 1.165) is 92.9 Å². The lowest BCUT2D eigenvalue weighted by Crippen LogP contribution is -2.34. The summed E-state index contributed by atoms with van der Waals surface area (Å²) in [6.45, 7) is 14.8. The molecule has 0 atom stereocenters. The summed E-state index contributed by atoms with van der Waals surface area (Å²) in [4.78, 5) is 24.1. The molecule has 0 bridgehead atoms. The predicted octanol–water partition coefficient (Wildman–Crippen LogP) is 4.75. The van der Waals surface area contributed by atoms with Gasteiger partial charge in [0.2, 0.25) is 22.2 Å². The molecule has 0 unspecified atom stereocenters. The maximum Gasteiger partial charge on any atom is 0.226 e. The summed E-state index contributed by atoms with van der Waals surface area (Å²) in [7, 11) is 0. The summed E-state index contributed by atoms with van der Waals surface area (Å²) < 4.78 is 1.93. The van der Waals surface area contributed by atoms with E-state index in [2.05, 4.69) is 53.1 Å². The van der Waals surface area contributed by atoms with E-state index in [-0.39, 0.29) is 0 Å². The van der Waals surface area contributed by atoms with E-state index in [4.69, 9.17) is 19.9 Å². The van der Waals surface area contributed by atoms with Crippen molar-refractivity contribution in [2.75, 3.05) is 41.4 Å². The van der Waals surface area contributed by atoms with Gasteiger partial charge in [-0.05, 0) is 81.8 Å². The number of nitrogens with one attached hydrogen (secondary N) is 1. The minimum Gasteiger partial charge on any atom is -0.341 e. The Morgan fingerprint density at radius 3 is 2.03 bits per heavy atom. The van der Waals surface area contributed by atoms with E-state index in [1.165, 1.54) is 49.2 Å². The van der Waals surface area contributed by atoms with Gasteiger partial charge in [-0.2, -0.15) is 0 Å². The van der Waals surface area contributed by atoms with Gasteiger partial charge in [0.05, 0.1) is 5.69 Å². The van der Waals surface area contributed by atoms with Crippen molar-refractivity contribution in [3.8, 4) is 0 Å². The molecule has 3 aliphatic rings. The van der Waals surface area contributed by atoms with Gasteiger partial charge in [0, 0.05) is 37.4 Å². The highest BCUT2D eigenvalue weighted by Crippen LogP contribution is 2.41. The monoisotopic (exact) mass is 538 g/mol. The molecule has 2 saturated heterocycles. The topological polar surface area (TPSA) is 101 Å². The molecule has 2 fully saturated rings. The normalized spacial score (nSPS) is 18.5. The fraction of sp³-hybridized carbons (Fsp3) is 0.600. The van der Waals surface area contributed by atoms with Gasteiger partial charge in [-0.15, -0.1) is 10.2 Å². The Bertz CT molecular complexity index is 1310. The van der Waals surface area contributed by atoms with Gasteiger partial charge in [-0.25, -0.2) is 24.6 Å². The van der Waals surface area contributed by atoms with Gasteiger partial charge in [0.1, 0.15) is 15.7 Å². The summed E-state index contributed by atoms with van der Waals surface area (Å²) in [6, 6.07) is 0. The fourth-order valence-electron chi connectivity index (χ4n) is 4.89.